The molecule has 0 saturated carbocycles. The number of hydrogen-bond acceptors (Lipinski definition) is 6. The van der Waals surface area contributed by atoms with E-state index in [1.165, 1.54) is 17.5 Å². The maximum absolute atomic E-state index is 13.1. The van der Waals surface area contributed by atoms with Gasteiger partial charge < -0.3 is 14.8 Å². The molecular formula is C22H23N3O5S. The molecule has 1 fully saturated rings. The number of methoxy groups -OCH3 is 1. The van der Waals surface area contributed by atoms with Crippen molar-refractivity contribution in [1.82, 2.24) is 9.29 Å². The molecule has 31 heavy (non-hydrogen) atoms. The van der Waals surface area contributed by atoms with Gasteiger partial charge in [0.05, 0.1) is 32.3 Å². The number of rotatable bonds is 6. The Morgan fingerprint density at radius 1 is 1.16 bits per heavy atom. The quantitative estimate of drug-likeness (QED) is 0.631. The fourth-order valence-electron chi connectivity index (χ4n) is 3.50. The molecule has 1 amide bonds. The number of ether oxygens (including phenoxy) is 2. The second kappa shape index (κ2) is 9.01. The number of fused-ring (bicyclic) bond motifs is 1. The van der Waals surface area contributed by atoms with Gasteiger partial charge in [-0.15, -0.1) is 0 Å². The minimum absolute atomic E-state index is 0.0285. The van der Waals surface area contributed by atoms with Crippen molar-refractivity contribution in [3.63, 3.8) is 0 Å². The molecule has 0 spiro atoms. The van der Waals surface area contributed by atoms with Crippen LogP contribution in [0.25, 0.3) is 10.9 Å². The van der Waals surface area contributed by atoms with E-state index in [9.17, 15) is 13.2 Å². The molecule has 0 aliphatic carbocycles. The zero-order valence-corrected chi connectivity index (χ0v) is 17.9. The van der Waals surface area contributed by atoms with E-state index in [4.69, 9.17) is 9.47 Å². The van der Waals surface area contributed by atoms with Gasteiger partial charge >= 0.3 is 0 Å². The van der Waals surface area contributed by atoms with Crippen LogP contribution in [-0.4, -0.2) is 57.0 Å². The highest BCUT2D eigenvalue weighted by atomic mass is 32.2. The largest absolute Gasteiger partial charge is 0.495 e. The van der Waals surface area contributed by atoms with Crippen molar-refractivity contribution in [3.8, 4) is 5.75 Å². The highest BCUT2D eigenvalue weighted by molar-refractivity contribution is 7.89. The number of anilines is 1. The third kappa shape index (κ3) is 4.68. The highest BCUT2D eigenvalue weighted by Crippen LogP contribution is 2.29. The Morgan fingerprint density at radius 3 is 2.74 bits per heavy atom. The van der Waals surface area contributed by atoms with Crippen LogP contribution in [0.2, 0.25) is 0 Å². The highest BCUT2D eigenvalue weighted by Gasteiger charge is 2.29. The molecule has 9 heteroatoms. The average molecular weight is 442 g/mol. The molecule has 8 nitrogen and oxygen atoms in total. The summed E-state index contributed by atoms with van der Waals surface area (Å²) in [6.07, 6.45) is 1.74. The molecular weight excluding hydrogens is 418 g/mol. The van der Waals surface area contributed by atoms with Crippen molar-refractivity contribution in [2.45, 2.75) is 11.3 Å². The van der Waals surface area contributed by atoms with Crippen LogP contribution < -0.4 is 10.1 Å². The number of aromatic nitrogens is 1. The number of benzene rings is 2. The van der Waals surface area contributed by atoms with E-state index in [1.807, 2.05) is 24.3 Å². The molecule has 1 aliphatic heterocycles. The van der Waals surface area contributed by atoms with E-state index in [2.05, 4.69) is 10.3 Å². The summed E-state index contributed by atoms with van der Waals surface area (Å²) in [4.78, 5) is 16.9. The summed E-state index contributed by atoms with van der Waals surface area (Å²) in [7, 11) is -2.33. The van der Waals surface area contributed by atoms with Crippen molar-refractivity contribution >= 4 is 32.5 Å². The third-order valence-electron chi connectivity index (χ3n) is 5.07. The van der Waals surface area contributed by atoms with Gasteiger partial charge in [0.2, 0.25) is 15.9 Å². The summed E-state index contributed by atoms with van der Waals surface area (Å²) in [6.45, 7) is 1.27. The van der Waals surface area contributed by atoms with Crippen LogP contribution in [0, 0.1) is 0 Å². The van der Waals surface area contributed by atoms with Crippen molar-refractivity contribution in [1.29, 1.82) is 0 Å². The number of hydrogen-bond donors (Lipinski definition) is 1. The molecule has 2 heterocycles. The fourth-order valence-corrected chi connectivity index (χ4v) is 5.12. The Hall–Kier alpha value is -3.01. The van der Waals surface area contributed by atoms with E-state index >= 15 is 0 Å². The lowest BCUT2D eigenvalue weighted by Crippen LogP contribution is -2.40. The molecule has 1 aliphatic rings. The molecule has 0 bridgehead atoms. The van der Waals surface area contributed by atoms with Gasteiger partial charge in [0.1, 0.15) is 10.6 Å². The Kier molecular flexibility index (Phi) is 6.17. The normalized spacial score (nSPS) is 15.0. The van der Waals surface area contributed by atoms with Crippen molar-refractivity contribution < 1.29 is 22.7 Å². The molecule has 3 aromatic rings. The predicted molar refractivity (Wildman–Crippen MR) is 117 cm³/mol. The molecule has 4 rings (SSSR count). The van der Waals surface area contributed by atoms with E-state index in [-0.39, 0.29) is 36.1 Å². The number of amides is 1. The maximum atomic E-state index is 13.1. The molecule has 0 unspecified atom stereocenters. The first-order chi connectivity index (χ1) is 15.0. The van der Waals surface area contributed by atoms with Crippen LogP contribution in [0.15, 0.2) is 59.6 Å². The number of morpholine rings is 1. The Morgan fingerprint density at radius 2 is 1.97 bits per heavy atom. The maximum Gasteiger partial charge on any atom is 0.246 e. The number of nitrogens with one attached hydrogen (secondary N) is 1. The number of sulfonamides is 1. The Bertz CT molecular complexity index is 1210. The molecule has 0 radical (unpaired) electrons. The summed E-state index contributed by atoms with van der Waals surface area (Å²) in [5.74, 6) is 0.000747. The van der Waals surface area contributed by atoms with Crippen molar-refractivity contribution in [3.05, 3.63) is 60.3 Å². The molecule has 1 N–H and O–H groups in total. The smallest absolute Gasteiger partial charge is 0.246 e. The lowest BCUT2D eigenvalue weighted by molar-refractivity contribution is -0.115. The zero-order chi connectivity index (χ0) is 21.8. The lowest BCUT2D eigenvalue weighted by Gasteiger charge is -2.26. The first-order valence-electron chi connectivity index (χ1n) is 9.87. The van der Waals surface area contributed by atoms with Crippen molar-refractivity contribution in [2.24, 2.45) is 0 Å². The third-order valence-corrected chi connectivity index (χ3v) is 6.99. The van der Waals surface area contributed by atoms with Gasteiger partial charge in [0.15, 0.2) is 0 Å². The van der Waals surface area contributed by atoms with Gasteiger partial charge in [-0.05, 0) is 42.0 Å². The SMILES string of the molecule is COc1ccc(CC(=O)Nc2ccc3ncccc3c2)cc1S(=O)(=O)N1CCOCC1. The van der Waals surface area contributed by atoms with E-state index in [0.29, 0.717) is 24.5 Å². The first-order valence-corrected chi connectivity index (χ1v) is 11.3. The Labute approximate surface area is 180 Å². The van der Waals surface area contributed by atoms with Crippen LogP contribution in [-0.2, 0) is 26.0 Å². The molecule has 1 saturated heterocycles. The van der Waals surface area contributed by atoms with E-state index < -0.39 is 10.0 Å². The van der Waals surface area contributed by atoms with Crippen LogP contribution in [0.3, 0.4) is 0 Å². The summed E-state index contributed by atoms with van der Waals surface area (Å²) in [5.41, 5.74) is 2.07. The monoisotopic (exact) mass is 441 g/mol. The van der Waals surface area contributed by atoms with Gasteiger partial charge in [-0.2, -0.15) is 4.31 Å². The van der Waals surface area contributed by atoms with E-state index in [1.54, 1.807) is 24.4 Å². The van der Waals surface area contributed by atoms with E-state index in [0.717, 1.165) is 10.9 Å². The van der Waals surface area contributed by atoms with Crippen molar-refractivity contribution in [2.75, 3.05) is 38.7 Å². The van der Waals surface area contributed by atoms with Crippen LogP contribution in [0.4, 0.5) is 5.69 Å². The Balaban J connectivity index is 1.53. The number of pyridine rings is 1. The summed E-state index contributed by atoms with van der Waals surface area (Å²) in [6, 6.07) is 14.0. The molecule has 1 aromatic heterocycles. The van der Waals surface area contributed by atoms with Crippen LogP contribution in [0.5, 0.6) is 5.75 Å². The summed E-state index contributed by atoms with van der Waals surface area (Å²) >= 11 is 0. The minimum Gasteiger partial charge on any atom is -0.495 e. The van der Waals surface area contributed by atoms with Gasteiger partial charge in [0.25, 0.3) is 0 Å². The predicted octanol–water partition coefficient (Wildman–Crippen LogP) is 2.45. The average Bonchev–Trinajstić information content (AvgIpc) is 2.79. The molecule has 0 atom stereocenters. The number of carbonyl (C=O) groups excluding carboxylic acids is 1. The van der Waals surface area contributed by atoms with Crippen LogP contribution >= 0.6 is 0 Å². The molecule has 2 aromatic carbocycles. The first kappa shape index (κ1) is 21.2. The number of nitrogens with zero attached hydrogens (tertiary/aromatic N) is 2. The minimum atomic E-state index is -3.76. The fraction of sp³-hybridized carbons (Fsp3) is 0.273. The zero-order valence-electron chi connectivity index (χ0n) is 17.1. The molecule has 162 valence electrons. The van der Waals surface area contributed by atoms with Gasteiger partial charge in [0, 0.05) is 30.4 Å². The topological polar surface area (TPSA) is 97.8 Å². The second-order valence-electron chi connectivity index (χ2n) is 7.14. The number of carbonyl (C=O) groups is 1. The standard InChI is InChI=1S/C22H23N3O5S/c1-29-20-7-4-16(13-21(20)31(27,28)25-9-11-30-12-10-25)14-22(26)24-18-5-6-19-17(15-18)3-2-8-23-19/h2-8,13,15H,9-12,14H2,1H3,(H,24,26). The second-order valence-corrected chi connectivity index (χ2v) is 9.04. The van der Waals surface area contributed by atoms with Gasteiger partial charge in [-0.3, -0.25) is 9.78 Å². The summed E-state index contributed by atoms with van der Waals surface area (Å²) in [5, 5.41) is 3.78. The van der Waals surface area contributed by atoms with Crippen LogP contribution in [0.1, 0.15) is 5.56 Å². The van der Waals surface area contributed by atoms with Gasteiger partial charge in [-0.25, -0.2) is 8.42 Å². The lowest BCUT2D eigenvalue weighted by atomic mass is 10.1. The summed E-state index contributed by atoms with van der Waals surface area (Å²) < 4.78 is 38.1. The van der Waals surface area contributed by atoms with Gasteiger partial charge in [-0.1, -0.05) is 12.1 Å².